The molecule has 33 heavy (non-hydrogen) atoms. The number of hydrogen-bond donors (Lipinski definition) is 2. The molecule has 2 aromatic rings. The monoisotopic (exact) mass is 630 g/mol. The second-order valence-corrected chi connectivity index (χ2v) is 10.3. The van der Waals surface area contributed by atoms with Crippen LogP contribution in [-0.4, -0.2) is 78.1 Å². The second kappa shape index (κ2) is 12.3. The molecule has 0 aromatic heterocycles. The van der Waals surface area contributed by atoms with E-state index < -0.39 is 0 Å². The molecule has 1 aliphatic heterocycles. The Morgan fingerprint density at radius 3 is 1.73 bits per heavy atom. The average Bonchev–Trinajstić information content (AvgIpc) is 3.02. The van der Waals surface area contributed by atoms with Crippen LogP contribution in [0.1, 0.15) is 31.4 Å². The van der Waals surface area contributed by atoms with E-state index in [2.05, 4.69) is 129 Å². The van der Waals surface area contributed by atoms with Crippen molar-refractivity contribution in [3.05, 3.63) is 59.7 Å². The number of benzene rings is 2. The summed E-state index contributed by atoms with van der Waals surface area (Å²) in [6, 6.07) is 18.6. The van der Waals surface area contributed by atoms with Crippen molar-refractivity contribution in [3.8, 4) is 0 Å². The molecule has 1 heterocycles. The zero-order chi connectivity index (χ0) is 24.9. The van der Waals surface area contributed by atoms with Crippen LogP contribution in [0.25, 0.3) is 0 Å². The Labute approximate surface area is 211 Å². The molecule has 0 radical (unpaired) electrons. The van der Waals surface area contributed by atoms with Gasteiger partial charge in [0.25, 0.3) is 0 Å². The molecule has 0 bridgehead atoms. The molecule has 0 spiro atoms. The quantitative estimate of drug-likeness (QED) is 0.378. The molecular formula is C24H37B2N4O2Pt-. The maximum absolute atomic E-state index is 8.56. The van der Waals surface area contributed by atoms with Gasteiger partial charge in [0.05, 0.1) is 12.2 Å². The summed E-state index contributed by atoms with van der Waals surface area (Å²) in [5.41, 5.74) is 4.81. The predicted molar refractivity (Wildman–Crippen MR) is 138 cm³/mol. The number of aryl methyl sites for hydroxylation is 2. The van der Waals surface area contributed by atoms with Crippen molar-refractivity contribution in [1.29, 1.82) is 0 Å². The Morgan fingerprint density at radius 1 is 0.848 bits per heavy atom. The third-order valence-electron chi connectivity index (χ3n) is 5.43. The van der Waals surface area contributed by atoms with Crippen LogP contribution in [0.15, 0.2) is 42.5 Å². The molecule has 3 rings (SSSR count). The minimum absolute atomic E-state index is 0.178. The topological polar surface area (TPSA) is 53.4 Å². The van der Waals surface area contributed by atoms with E-state index >= 15 is 0 Å². The minimum atomic E-state index is -0.375. The number of aliphatic hydroxyl groups is 2. The van der Waals surface area contributed by atoms with Crippen molar-refractivity contribution in [2.45, 2.75) is 46.3 Å². The van der Waals surface area contributed by atoms with E-state index in [4.69, 9.17) is 10.2 Å². The molecule has 0 aliphatic carbocycles. The summed E-state index contributed by atoms with van der Waals surface area (Å²) in [6.07, 6.45) is -0.278. The normalized spacial score (nSPS) is 15.9. The fraction of sp³-hybridized carbons (Fsp3) is 0.458. The third kappa shape index (κ3) is 7.27. The first-order valence-electron chi connectivity index (χ1n) is 11.3. The van der Waals surface area contributed by atoms with E-state index in [0.29, 0.717) is 6.42 Å². The summed E-state index contributed by atoms with van der Waals surface area (Å²) in [4.78, 5) is 9.37. The van der Waals surface area contributed by atoms with Crippen molar-refractivity contribution in [2.75, 3.05) is 37.8 Å². The van der Waals surface area contributed by atoms with Crippen LogP contribution >= 0.6 is 0 Å². The van der Waals surface area contributed by atoms with E-state index in [1.165, 1.54) is 21.0 Å². The van der Waals surface area contributed by atoms with E-state index in [1.54, 1.807) is 13.8 Å². The Morgan fingerprint density at radius 2 is 1.33 bits per heavy atom. The molecule has 0 saturated carbocycles. The molecule has 0 amide bonds. The second-order valence-electron chi connectivity index (χ2n) is 9.26. The van der Waals surface area contributed by atoms with E-state index in [0.717, 1.165) is 5.69 Å². The van der Waals surface area contributed by atoms with Crippen molar-refractivity contribution in [2.24, 2.45) is 0 Å². The molecule has 2 atom stereocenters. The Balaban J connectivity index is 0.000000479. The number of hydrogen-bond acceptors (Lipinski definition) is 6. The van der Waals surface area contributed by atoms with Crippen LogP contribution in [0.2, 0.25) is 0 Å². The van der Waals surface area contributed by atoms with Gasteiger partial charge in [-0.05, 0) is 20.3 Å². The first kappa shape index (κ1) is 27.8. The van der Waals surface area contributed by atoms with E-state index in [9.17, 15) is 0 Å². The third-order valence-corrected chi connectivity index (χ3v) is 6.52. The van der Waals surface area contributed by atoms with Gasteiger partial charge in [0.2, 0.25) is 0 Å². The molecule has 2 unspecified atom stereocenters. The van der Waals surface area contributed by atoms with Gasteiger partial charge in [-0.2, -0.15) is 0 Å². The first-order valence-corrected chi connectivity index (χ1v) is 12.4. The van der Waals surface area contributed by atoms with Crippen LogP contribution in [0.3, 0.4) is 0 Å². The number of anilines is 2. The van der Waals surface area contributed by atoms with Gasteiger partial charge in [-0.25, -0.2) is 0 Å². The summed E-state index contributed by atoms with van der Waals surface area (Å²) >= 11 is 2.45. The van der Waals surface area contributed by atoms with Crippen molar-refractivity contribution in [1.82, 2.24) is 9.62 Å². The summed E-state index contributed by atoms with van der Waals surface area (Å²) in [5.74, 6) is 0. The molecular weight excluding hydrogens is 593 g/mol. The zero-order valence-electron chi connectivity index (χ0n) is 21.1. The Hall–Kier alpha value is -1.43. The summed E-state index contributed by atoms with van der Waals surface area (Å²) in [7, 11) is 8.58. The fourth-order valence-corrected chi connectivity index (χ4v) is 5.08. The summed E-state index contributed by atoms with van der Waals surface area (Å²) < 4.78 is 1.19. The van der Waals surface area contributed by atoms with Crippen molar-refractivity contribution < 1.29 is 29.6 Å². The molecule has 9 heteroatoms. The van der Waals surface area contributed by atoms with Gasteiger partial charge in [-0.3, -0.25) is 0 Å². The predicted octanol–water partition coefficient (Wildman–Crippen LogP) is 2.38. The SMILES string of the molecule is CC(O)CC(C)O.Cc1c[c-]c(N2B(N(C)C)B(N(C)C)N(c3ccc(C)cc3)[C]2=[Pt])cc1. The van der Waals surface area contributed by atoms with Crippen LogP contribution in [0.4, 0.5) is 11.4 Å². The van der Waals surface area contributed by atoms with Crippen LogP contribution in [-0.2, 0) is 19.4 Å². The van der Waals surface area contributed by atoms with Crippen LogP contribution < -0.4 is 9.62 Å². The Kier molecular flexibility index (Phi) is 10.4. The Bertz CT molecular complexity index is 821. The standard InChI is InChI=1S/C19H25B2N4.C5H12O2.Pt/c1-16-7-11-18(12-8-16)24-15-25(19-13-9-17(2)10-14-19)21(23(5)6)20(24)22(3)4;1-4(6)3-5(2)7;/h7-13H,1-6H3;4-7H,3H2,1-2H3;/q-1;;. The van der Waals surface area contributed by atoms with E-state index in [1.807, 2.05) is 0 Å². The summed E-state index contributed by atoms with van der Waals surface area (Å²) in [6.45, 7) is 7.92. The van der Waals surface area contributed by atoms with Gasteiger partial charge in [0.1, 0.15) is 0 Å². The van der Waals surface area contributed by atoms with Gasteiger partial charge < -0.3 is 10.2 Å². The molecule has 1 saturated heterocycles. The number of rotatable bonds is 6. The number of nitrogens with zero attached hydrogens (tertiary/aromatic N) is 4. The number of aliphatic hydroxyl groups excluding tert-OH is 2. The summed E-state index contributed by atoms with van der Waals surface area (Å²) in [5, 5.41) is 17.1. The average molecular weight is 630 g/mol. The van der Waals surface area contributed by atoms with Crippen molar-refractivity contribution in [3.63, 3.8) is 0 Å². The van der Waals surface area contributed by atoms with Gasteiger partial charge in [-0.15, -0.1) is 0 Å². The van der Waals surface area contributed by atoms with Crippen molar-refractivity contribution >= 4 is 29.3 Å². The molecule has 182 valence electrons. The zero-order valence-corrected chi connectivity index (χ0v) is 23.3. The molecule has 1 aliphatic rings. The molecule has 1 fully saturated rings. The van der Waals surface area contributed by atoms with Crippen LogP contribution in [0, 0.1) is 19.9 Å². The fourth-order valence-electron chi connectivity index (χ4n) is 3.91. The first-order chi connectivity index (χ1) is 15.4. The van der Waals surface area contributed by atoms with Gasteiger partial charge in [0.15, 0.2) is 0 Å². The maximum atomic E-state index is 8.56. The molecule has 2 N–H and O–H groups in total. The van der Waals surface area contributed by atoms with Crippen LogP contribution in [0.5, 0.6) is 0 Å². The van der Waals surface area contributed by atoms with Gasteiger partial charge in [0, 0.05) is 0 Å². The molecule has 6 nitrogen and oxygen atoms in total. The van der Waals surface area contributed by atoms with E-state index in [-0.39, 0.29) is 26.0 Å². The van der Waals surface area contributed by atoms with Gasteiger partial charge in [-0.1, -0.05) is 0 Å². The molecule has 2 aromatic carbocycles. The van der Waals surface area contributed by atoms with Gasteiger partial charge >= 0.3 is 170 Å².